The summed E-state index contributed by atoms with van der Waals surface area (Å²) in [5.41, 5.74) is 0. The smallest absolute Gasteiger partial charge is 0.306 e. The van der Waals surface area contributed by atoms with Gasteiger partial charge in [0, 0.05) is 19.3 Å². The van der Waals surface area contributed by atoms with E-state index >= 15 is 0 Å². The van der Waals surface area contributed by atoms with Gasteiger partial charge in [0.15, 0.2) is 6.10 Å². The van der Waals surface area contributed by atoms with Gasteiger partial charge in [-0.05, 0) is 116 Å². The van der Waals surface area contributed by atoms with Crippen molar-refractivity contribution >= 4 is 17.9 Å². The third kappa shape index (κ3) is 45.3. The first-order valence-corrected chi connectivity index (χ1v) is 23.7. The molecule has 0 aromatic rings. The molecule has 0 bridgehead atoms. The van der Waals surface area contributed by atoms with E-state index in [1.165, 1.54) is 51.4 Å². The lowest BCUT2D eigenvalue weighted by atomic mass is 10.1. The molecule has 0 rings (SSSR count). The number of unbranched alkanes of at least 4 members (excludes halogenated alkanes) is 14. The number of rotatable bonds is 41. The molecular weight excluding hydrogens is 733 g/mol. The topological polar surface area (TPSA) is 78.9 Å². The highest BCUT2D eigenvalue weighted by Gasteiger charge is 2.19. The predicted molar refractivity (Wildman–Crippen MR) is 251 cm³/mol. The van der Waals surface area contributed by atoms with E-state index in [2.05, 4.69) is 118 Å². The van der Waals surface area contributed by atoms with Crippen LogP contribution in [0.3, 0.4) is 0 Å². The van der Waals surface area contributed by atoms with E-state index in [0.717, 1.165) is 103 Å². The van der Waals surface area contributed by atoms with Crippen LogP contribution >= 0.6 is 0 Å². The average molecular weight is 819 g/mol. The summed E-state index contributed by atoms with van der Waals surface area (Å²) in [7, 11) is 0. The first-order chi connectivity index (χ1) is 29.0. The Hall–Kier alpha value is -3.67. The summed E-state index contributed by atoms with van der Waals surface area (Å²) in [6.07, 6.45) is 61.1. The molecule has 59 heavy (non-hydrogen) atoms. The van der Waals surface area contributed by atoms with Gasteiger partial charge in [0.25, 0.3) is 0 Å². The third-order valence-corrected chi connectivity index (χ3v) is 9.54. The Morgan fingerprint density at radius 3 is 1.14 bits per heavy atom. The van der Waals surface area contributed by atoms with E-state index in [9.17, 15) is 14.4 Å². The Morgan fingerprint density at radius 1 is 0.356 bits per heavy atom. The van der Waals surface area contributed by atoms with E-state index in [4.69, 9.17) is 14.2 Å². The molecule has 0 N–H and O–H groups in total. The Balaban J connectivity index is 4.53. The van der Waals surface area contributed by atoms with Crippen LogP contribution in [-0.4, -0.2) is 37.2 Å². The molecule has 0 aliphatic carbocycles. The van der Waals surface area contributed by atoms with Crippen molar-refractivity contribution in [1.29, 1.82) is 0 Å². The lowest BCUT2D eigenvalue weighted by Gasteiger charge is -2.18. The summed E-state index contributed by atoms with van der Waals surface area (Å²) in [5, 5.41) is 0. The van der Waals surface area contributed by atoms with Crippen molar-refractivity contribution in [2.75, 3.05) is 13.2 Å². The van der Waals surface area contributed by atoms with Gasteiger partial charge in [0.05, 0.1) is 0 Å². The zero-order chi connectivity index (χ0) is 43.0. The van der Waals surface area contributed by atoms with Crippen LogP contribution in [0, 0.1) is 0 Å². The number of carbonyl (C=O) groups excluding carboxylic acids is 3. The SMILES string of the molecule is CC/C=C\C/C=C\C/C=C\C/C=C\CCCCC(=O)OC[C@H](COC(=O)CCCC/C=C\C/C=C\C/C=C\CCCCC)OC(=O)CCCCCCC/C=C\CCCC. The predicted octanol–water partition coefficient (Wildman–Crippen LogP) is 15.4. The van der Waals surface area contributed by atoms with E-state index in [1.807, 2.05) is 0 Å². The molecule has 0 amide bonds. The molecule has 0 unspecified atom stereocenters. The van der Waals surface area contributed by atoms with Crippen LogP contribution in [0.2, 0.25) is 0 Å². The molecule has 0 aliphatic heterocycles. The number of allylic oxidation sites excluding steroid dienone is 16. The Kier molecular flexibility index (Phi) is 44.1. The Bertz CT molecular complexity index is 1220. The largest absolute Gasteiger partial charge is 0.462 e. The lowest BCUT2D eigenvalue weighted by Crippen LogP contribution is -2.30. The number of carbonyl (C=O) groups is 3. The molecule has 0 aromatic heterocycles. The Morgan fingerprint density at radius 2 is 0.678 bits per heavy atom. The zero-order valence-corrected chi connectivity index (χ0v) is 38.0. The van der Waals surface area contributed by atoms with E-state index in [1.54, 1.807) is 0 Å². The molecule has 334 valence electrons. The van der Waals surface area contributed by atoms with Gasteiger partial charge in [-0.1, -0.05) is 163 Å². The van der Waals surface area contributed by atoms with Crippen molar-refractivity contribution in [2.45, 2.75) is 207 Å². The number of ether oxygens (including phenoxy) is 3. The molecule has 6 heteroatoms. The molecule has 0 heterocycles. The van der Waals surface area contributed by atoms with Crippen molar-refractivity contribution in [3.8, 4) is 0 Å². The molecule has 0 aliphatic rings. The molecule has 6 nitrogen and oxygen atoms in total. The van der Waals surface area contributed by atoms with Gasteiger partial charge in [-0.2, -0.15) is 0 Å². The molecule has 0 radical (unpaired) electrons. The highest BCUT2D eigenvalue weighted by molar-refractivity contribution is 5.71. The van der Waals surface area contributed by atoms with Gasteiger partial charge in [-0.3, -0.25) is 14.4 Å². The van der Waals surface area contributed by atoms with Crippen molar-refractivity contribution in [3.63, 3.8) is 0 Å². The fraction of sp³-hybridized carbons (Fsp3) is 0.642. The standard InChI is InChI=1S/C53H86O6/c1-4-7-10-13-16-19-22-24-26-28-31-33-36-39-42-45-51(54)57-48-50(59-53(56)47-44-41-38-35-30-21-18-15-12-9-6-3)49-58-52(55)46-43-40-37-34-32-29-27-25-23-20-17-14-11-8-5-2/h7,10,15-20,24-27,31-34,50H,4-6,8-9,11-14,21-23,28-30,35-49H2,1-3H3/b10-7-,18-15-,19-16-,20-17-,26-24-,27-25-,33-31-,34-32-/t50-/m1/s1. The fourth-order valence-corrected chi connectivity index (χ4v) is 5.95. The number of hydrogen-bond acceptors (Lipinski definition) is 6. The number of hydrogen-bond donors (Lipinski definition) is 0. The maximum Gasteiger partial charge on any atom is 0.306 e. The van der Waals surface area contributed by atoms with Gasteiger partial charge in [-0.25, -0.2) is 0 Å². The summed E-state index contributed by atoms with van der Waals surface area (Å²) in [6, 6.07) is 0. The van der Waals surface area contributed by atoms with Crippen molar-refractivity contribution in [1.82, 2.24) is 0 Å². The van der Waals surface area contributed by atoms with Crippen LogP contribution in [-0.2, 0) is 28.6 Å². The summed E-state index contributed by atoms with van der Waals surface area (Å²) < 4.78 is 16.7. The van der Waals surface area contributed by atoms with Gasteiger partial charge >= 0.3 is 17.9 Å². The highest BCUT2D eigenvalue weighted by atomic mass is 16.6. The van der Waals surface area contributed by atoms with E-state index in [-0.39, 0.29) is 31.1 Å². The van der Waals surface area contributed by atoms with Crippen LogP contribution in [0.25, 0.3) is 0 Å². The van der Waals surface area contributed by atoms with Crippen LogP contribution in [0.5, 0.6) is 0 Å². The number of esters is 3. The lowest BCUT2D eigenvalue weighted by molar-refractivity contribution is -0.167. The minimum Gasteiger partial charge on any atom is -0.462 e. The van der Waals surface area contributed by atoms with Crippen LogP contribution in [0.15, 0.2) is 97.2 Å². The van der Waals surface area contributed by atoms with Crippen molar-refractivity contribution < 1.29 is 28.6 Å². The Labute approximate surface area is 362 Å². The van der Waals surface area contributed by atoms with Gasteiger partial charge in [-0.15, -0.1) is 0 Å². The van der Waals surface area contributed by atoms with Gasteiger partial charge in [0.2, 0.25) is 0 Å². The molecule has 0 spiro atoms. The van der Waals surface area contributed by atoms with Crippen LogP contribution < -0.4 is 0 Å². The summed E-state index contributed by atoms with van der Waals surface area (Å²) in [5.74, 6) is -1.01. The minimum absolute atomic E-state index is 0.115. The third-order valence-electron chi connectivity index (χ3n) is 9.54. The zero-order valence-electron chi connectivity index (χ0n) is 38.0. The molecule has 0 saturated carbocycles. The summed E-state index contributed by atoms with van der Waals surface area (Å²) in [6.45, 7) is 6.35. The maximum atomic E-state index is 12.7. The second kappa shape index (κ2) is 47.0. The van der Waals surface area contributed by atoms with Crippen LogP contribution in [0.4, 0.5) is 0 Å². The molecular formula is C53H86O6. The second-order valence-electron chi connectivity index (χ2n) is 15.3. The van der Waals surface area contributed by atoms with Crippen molar-refractivity contribution in [3.05, 3.63) is 97.2 Å². The average Bonchev–Trinajstić information content (AvgIpc) is 3.23. The van der Waals surface area contributed by atoms with E-state index < -0.39 is 6.10 Å². The maximum absolute atomic E-state index is 12.7. The quantitative estimate of drug-likeness (QED) is 0.0265. The first kappa shape index (κ1) is 55.3. The second-order valence-corrected chi connectivity index (χ2v) is 15.3. The minimum atomic E-state index is -0.813. The fourth-order valence-electron chi connectivity index (χ4n) is 5.95. The first-order valence-electron chi connectivity index (χ1n) is 23.7. The summed E-state index contributed by atoms with van der Waals surface area (Å²) >= 11 is 0. The normalized spacial score (nSPS) is 12.9. The molecule has 0 saturated heterocycles. The highest BCUT2D eigenvalue weighted by Crippen LogP contribution is 2.12. The molecule has 1 atom stereocenters. The van der Waals surface area contributed by atoms with Gasteiger partial charge < -0.3 is 14.2 Å². The molecule has 0 aromatic carbocycles. The summed E-state index contributed by atoms with van der Waals surface area (Å²) in [4.78, 5) is 37.8. The monoisotopic (exact) mass is 819 g/mol. The van der Waals surface area contributed by atoms with Crippen LogP contribution in [0.1, 0.15) is 201 Å². The van der Waals surface area contributed by atoms with E-state index in [0.29, 0.717) is 25.7 Å². The molecule has 0 fully saturated rings. The van der Waals surface area contributed by atoms with Gasteiger partial charge in [0.1, 0.15) is 13.2 Å². The van der Waals surface area contributed by atoms with Crippen molar-refractivity contribution in [2.24, 2.45) is 0 Å².